The molecule has 1 saturated carbocycles. The minimum atomic E-state index is -0.794. The third kappa shape index (κ3) is 4.08. The van der Waals surface area contributed by atoms with E-state index in [1.807, 2.05) is 41.5 Å². The predicted molar refractivity (Wildman–Crippen MR) is 137 cm³/mol. The van der Waals surface area contributed by atoms with Crippen LogP contribution in [0.3, 0.4) is 0 Å². The molecule has 0 aromatic heterocycles. The van der Waals surface area contributed by atoms with Gasteiger partial charge in [0, 0.05) is 23.7 Å². The molecule has 2 aliphatic heterocycles. The Balaban J connectivity index is 1.48. The number of nitrogens with one attached hydrogen (secondary N) is 1. The average Bonchev–Trinajstić information content (AvgIpc) is 3.44. The van der Waals surface area contributed by atoms with Gasteiger partial charge in [0.15, 0.2) is 5.71 Å². The van der Waals surface area contributed by atoms with E-state index in [-0.39, 0.29) is 5.91 Å². The highest BCUT2D eigenvalue weighted by molar-refractivity contribution is 6.47. The second kappa shape index (κ2) is 9.25. The molecule has 3 unspecified atom stereocenters. The van der Waals surface area contributed by atoms with E-state index in [9.17, 15) is 4.79 Å². The number of fused-ring (bicyclic) bond motifs is 1. The Hall–Kier alpha value is -2.54. The number of methoxy groups -OCH3 is 1. The molecule has 6 nitrogen and oxygen atoms in total. The Morgan fingerprint density at radius 3 is 2.74 bits per heavy atom. The Morgan fingerprint density at radius 1 is 1.26 bits per heavy atom. The minimum absolute atomic E-state index is 0.246. The number of hydrazine groups is 1. The second-order valence-electron chi connectivity index (χ2n) is 9.29. The monoisotopic (exact) mass is 498 g/mol. The van der Waals surface area contributed by atoms with Crippen molar-refractivity contribution in [1.82, 2.24) is 10.4 Å². The van der Waals surface area contributed by atoms with Crippen molar-refractivity contribution in [3.05, 3.63) is 76.5 Å². The van der Waals surface area contributed by atoms with Crippen LogP contribution in [0.2, 0.25) is 10.0 Å². The highest BCUT2D eigenvalue weighted by Crippen LogP contribution is 2.44. The van der Waals surface area contributed by atoms with Crippen LogP contribution in [-0.2, 0) is 9.53 Å². The highest BCUT2D eigenvalue weighted by atomic mass is 35.5. The summed E-state index contributed by atoms with van der Waals surface area (Å²) in [5, 5.41) is 9.59. The standard InChI is InChI=1S/C26H28Cl2N4O2/c1-17-24(25(33)30-31-15-18-6-3-7-19(18)16-31)29-32(23-11-10-20(27)14-22(23)28)26(17)12-4-8-21(34-2)9-5-13-26/h4-5,8-12,14,18-19H,1,3,6-7,13,15-16H2,2H3,(H,30,33)/b9-5-,12-4+,21-8+. The molecule has 4 aliphatic rings. The minimum Gasteiger partial charge on any atom is -0.497 e. The van der Waals surface area contributed by atoms with Gasteiger partial charge in [0.2, 0.25) is 0 Å². The molecule has 1 spiro atoms. The van der Waals surface area contributed by atoms with Crippen molar-refractivity contribution >= 4 is 40.5 Å². The van der Waals surface area contributed by atoms with Crippen molar-refractivity contribution in [1.29, 1.82) is 0 Å². The molecular formula is C26H28Cl2N4O2. The van der Waals surface area contributed by atoms with E-state index < -0.39 is 5.54 Å². The number of halogens is 2. The zero-order valence-corrected chi connectivity index (χ0v) is 20.6. The van der Waals surface area contributed by atoms with Crippen LogP contribution < -0.4 is 10.4 Å². The quantitative estimate of drug-likeness (QED) is 0.613. The summed E-state index contributed by atoms with van der Waals surface area (Å²) >= 11 is 12.7. The number of carbonyl (C=O) groups excluding carboxylic acids is 1. The van der Waals surface area contributed by atoms with Crippen LogP contribution in [0.15, 0.2) is 71.6 Å². The zero-order valence-electron chi connectivity index (χ0n) is 19.1. The molecule has 178 valence electrons. The molecule has 5 rings (SSSR count). The van der Waals surface area contributed by atoms with Crippen LogP contribution in [-0.4, -0.2) is 42.4 Å². The highest BCUT2D eigenvalue weighted by Gasteiger charge is 2.47. The van der Waals surface area contributed by atoms with E-state index in [0.717, 1.165) is 18.8 Å². The van der Waals surface area contributed by atoms with Crippen LogP contribution in [0.25, 0.3) is 0 Å². The number of ether oxygens (including phenoxy) is 1. The van der Waals surface area contributed by atoms with Gasteiger partial charge in [0.1, 0.15) is 11.3 Å². The van der Waals surface area contributed by atoms with Crippen LogP contribution in [0.5, 0.6) is 0 Å². The lowest BCUT2D eigenvalue weighted by molar-refractivity contribution is -0.118. The van der Waals surface area contributed by atoms with Crippen molar-refractivity contribution in [2.75, 3.05) is 25.2 Å². The lowest BCUT2D eigenvalue weighted by Crippen LogP contribution is -2.46. The maximum atomic E-state index is 13.4. The van der Waals surface area contributed by atoms with Crippen LogP contribution in [0.4, 0.5) is 5.69 Å². The summed E-state index contributed by atoms with van der Waals surface area (Å²) in [4.78, 5) is 13.4. The molecule has 3 atom stereocenters. The number of hydrogen-bond donors (Lipinski definition) is 1. The second-order valence-corrected chi connectivity index (χ2v) is 10.1. The van der Waals surface area contributed by atoms with Crippen LogP contribution >= 0.6 is 23.2 Å². The molecule has 1 saturated heterocycles. The van der Waals surface area contributed by atoms with Gasteiger partial charge in [-0.3, -0.25) is 10.2 Å². The molecule has 0 radical (unpaired) electrons. The molecule has 34 heavy (non-hydrogen) atoms. The zero-order chi connectivity index (χ0) is 23.9. The molecule has 2 aliphatic carbocycles. The van der Waals surface area contributed by atoms with E-state index >= 15 is 0 Å². The number of nitrogens with zero attached hydrogens (tertiary/aromatic N) is 3. The summed E-state index contributed by atoms with van der Waals surface area (Å²) in [5.74, 6) is 1.84. The number of hydrazone groups is 1. The maximum Gasteiger partial charge on any atom is 0.286 e. The Labute approximate surface area is 210 Å². The summed E-state index contributed by atoms with van der Waals surface area (Å²) in [6.45, 7) is 6.12. The van der Waals surface area contributed by atoms with Gasteiger partial charge in [-0.15, -0.1) is 0 Å². The van der Waals surface area contributed by atoms with E-state index in [1.54, 1.807) is 24.3 Å². The Morgan fingerprint density at radius 2 is 2.03 bits per heavy atom. The summed E-state index contributed by atoms with van der Waals surface area (Å²) in [7, 11) is 1.63. The van der Waals surface area contributed by atoms with Gasteiger partial charge in [-0.1, -0.05) is 54.4 Å². The Bertz CT molecular complexity index is 1130. The molecule has 0 bridgehead atoms. The number of benzene rings is 1. The van der Waals surface area contributed by atoms with Crippen molar-refractivity contribution in [3.63, 3.8) is 0 Å². The number of amides is 1. The van der Waals surface area contributed by atoms with Crippen LogP contribution in [0, 0.1) is 11.8 Å². The Kier molecular flexibility index (Phi) is 6.32. The first-order valence-corrected chi connectivity index (χ1v) is 12.4. The van der Waals surface area contributed by atoms with Gasteiger partial charge in [0.25, 0.3) is 5.91 Å². The van der Waals surface area contributed by atoms with Crippen molar-refractivity contribution in [3.8, 4) is 0 Å². The predicted octanol–water partition coefficient (Wildman–Crippen LogP) is 5.27. The molecule has 1 N–H and O–H groups in total. The molecule has 2 heterocycles. The van der Waals surface area contributed by atoms with E-state index in [0.29, 0.717) is 45.3 Å². The van der Waals surface area contributed by atoms with Gasteiger partial charge < -0.3 is 4.74 Å². The first-order chi connectivity index (χ1) is 16.4. The fraction of sp³-hybridized carbons (Fsp3) is 0.385. The van der Waals surface area contributed by atoms with Crippen molar-refractivity contribution < 1.29 is 9.53 Å². The summed E-state index contributed by atoms with van der Waals surface area (Å²) < 4.78 is 5.37. The molecule has 1 amide bonds. The molecular weight excluding hydrogens is 471 g/mol. The topological polar surface area (TPSA) is 57.2 Å². The smallest absolute Gasteiger partial charge is 0.286 e. The summed E-state index contributed by atoms with van der Waals surface area (Å²) in [6.07, 6.45) is 14.0. The molecule has 2 fully saturated rings. The van der Waals surface area contributed by atoms with E-state index in [1.165, 1.54) is 19.3 Å². The molecule has 1 aromatic rings. The number of hydrogen-bond acceptors (Lipinski definition) is 5. The third-order valence-corrected chi connectivity index (χ3v) is 7.84. The normalized spacial score (nSPS) is 32.0. The van der Waals surface area contributed by atoms with Gasteiger partial charge in [-0.25, -0.2) is 10.0 Å². The molecule has 8 heteroatoms. The SMILES string of the molecule is C=C1C(C(=O)NN2CC3CCCC3C2)=NN(c2ccc(Cl)cc2Cl)C12/C=C/C=C(OC)\C=C/C2. The van der Waals surface area contributed by atoms with Crippen LogP contribution in [0.1, 0.15) is 25.7 Å². The number of rotatable bonds is 4. The van der Waals surface area contributed by atoms with Gasteiger partial charge in [-0.2, -0.15) is 5.10 Å². The van der Waals surface area contributed by atoms with Gasteiger partial charge >= 0.3 is 0 Å². The number of anilines is 1. The summed E-state index contributed by atoms with van der Waals surface area (Å²) in [5.41, 5.74) is 3.87. The third-order valence-electron chi connectivity index (χ3n) is 7.30. The average molecular weight is 499 g/mol. The van der Waals surface area contributed by atoms with Gasteiger partial charge in [-0.05, 0) is 61.4 Å². The maximum absolute atomic E-state index is 13.4. The number of allylic oxidation sites excluding steroid dienone is 3. The lowest BCUT2D eigenvalue weighted by atomic mass is 9.83. The fourth-order valence-corrected chi connectivity index (χ4v) is 6.00. The first kappa shape index (κ1) is 23.2. The first-order valence-electron chi connectivity index (χ1n) is 11.6. The van der Waals surface area contributed by atoms with E-state index in [4.69, 9.17) is 33.0 Å². The fourth-order valence-electron chi connectivity index (χ4n) is 5.51. The number of carbonyl (C=O) groups is 1. The van der Waals surface area contributed by atoms with Gasteiger partial charge in [0.05, 0.1) is 17.8 Å². The lowest BCUT2D eigenvalue weighted by Gasteiger charge is -2.36. The summed E-state index contributed by atoms with van der Waals surface area (Å²) in [6, 6.07) is 5.26. The van der Waals surface area contributed by atoms with E-state index in [2.05, 4.69) is 12.0 Å². The molecule has 1 aromatic carbocycles. The van der Waals surface area contributed by atoms with Crippen molar-refractivity contribution in [2.24, 2.45) is 16.9 Å². The van der Waals surface area contributed by atoms with Crippen molar-refractivity contribution in [2.45, 2.75) is 31.2 Å². The largest absolute Gasteiger partial charge is 0.497 e.